The van der Waals surface area contributed by atoms with Gasteiger partial charge in [0.05, 0.1) is 12.3 Å². The standard InChI is InChI=1S/C14H23N3O3S/c1-3-7-15-13-5-4-8-16-14(13)21(18,19)17-9-6-12(10-17)11-20-2/h4-5,8,12,15H,3,6-7,9-11H2,1-2H3. The van der Waals surface area contributed by atoms with Crippen LogP contribution in [-0.4, -0.2) is 51.1 Å². The van der Waals surface area contributed by atoms with Gasteiger partial charge in [-0.15, -0.1) is 0 Å². The van der Waals surface area contributed by atoms with E-state index in [9.17, 15) is 8.42 Å². The number of nitrogens with one attached hydrogen (secondary N) is 1. The van der Waals surface area contributed by atoms with Crippen molar-refractivity contribution in [2.75, 3.05) is 38.7 Å². The average Bonchev–Trinajstić information content (AvgIpc) is 2.95. The van der Waals surface area contributed by atoms with Gasteiger partial charge >= 0.3 is 0 Å². The Balaban J connectivity index is 2.20. The summed E-state index contributed by atoms with van der Waals surface area (Å²) in [6.45, 7) is 4.38. The van der Waals surface area contributed by atoms with Gasteiger partial charge in [0.25, 0.3) is 10.0 Å². The largest absolute Gasteiger partial charge is 0.384 e. The van der Waals surface area contributed by atoms with E-state index in [0.717, 1.165) is 19.4 Å². The van der Waals surface area contributed by atoms with Crippen molar-refractivity contribution in [1.82, 2.24) is 9.29 Å². The molecule has 6 nitrogen and oxygen atoms in total. The van der Waals surface area contributed by atoms with Crippen LogP contribution in [0.2, 0.25) is 0 Å². The first-order chi connectivity index (χ1) is 10.1. The lowest BCUT2D eigenvalue weighted by atomic mass is 10.1. The van der Waals surface area contributed by atoms with Crippen molar-refractivity contribution < 1.29 is 13.2 Å². The van der Waals surface area contributed by atoms with Gasteiger partial charge in [-0.2, -0.15) is 4.31 Å². The number of rotatable bonds is 7. The molecule has 2 heterocycles. The topological polar surface area (TPSA) is 71.5 Å². The Morgan fingerprint density at radius 2 is 2.33 bits per heavy atom. The second-order valence-corrected chi connectivity index (χ2v) is 7.11. The molecule has 1 N–H and O–H groups in total. The Kier molecular flexibility index (Phi) is 5.55. The molecule has 1 atom stereocenters. The van der Waals surface area contributed by atoms with Crippen LogP contribution in [0.1, 0.15) is 19.8 Å². The van der Waals surface area contributed by atoms with Crippen LogP contribution in [0.5, 0.6) is 0 Å². The number of pyridine rings is 1. The van der Waals surface area contributed by atoms with Gasteiger partial charge in [0.2, 0.25) is 0 Å². The minimum atomic E-state index is -3.55. The molecule has 1 saturated heterocycles. The van der Waals surface area contributed by atoms with Gasteiger partial charge in [-0.25, -0.2) is 13.4 Å². The third-order valence-electron chi connectivity index (χ3n) is 3.57. The summed E-state index contributed by atoms with van der Waals surface area (Å²) in [6, 6.07) is 3.51. The number of methoxy groups -OCH3 is 1. The summed E-state index contributed by atoms with van der Waals surface area (Å²) in [5.74, 6) is 0.264. The molecule has 0 aromatic carbocycles. The Hall–Kier alpha value is -1.18. The molecule has 1 aliphatic heterocycles. The summed E-state index contributed by atoms with van der Waals surface area (Å²) in [4.78, 5) is 4.10. The predicted molar refractivity (Wildman–Crippen MR) is 81.8 cm³/mol. The lowest BCUT2D eigenvalue weighted by Gasteiger charge is -2.18. The number of hydrogen-bond acceptors (Lipinski definition) is 5. The zero-order valence-corrected chi connectivity index (χ0v) is 13.4. The fraction of sp³-hybridized carbons (Fsp3) is 0.643. The minimum Gasteiger partial charge on any atom is -0.384 e. The monoisotopic (exact) mass is 313 g/mol. The molecule has 118 valence electrons. The van der Waals surface area contributed by atoms with Crippen molar-refractivity contribution in [3.05, 3.63) is 18.3 Å². The molecule has 0 aliphatic carbocycles. The fourth-order valence-corrected chi connectivity index (χ4v) is 4.11. The molecule has 0 saturated carbocycles. The van der Waals surface area contributed by atoms with Crippen molar-refractivity contribution in [3.63, 3.8) is 0 Å². The summed E-state index contributed by atoms with van der Waals surface area (Å²) < 4.78 is 32.1. The molecule has 2 rings (SSSR count). The van der Waals surface area contributed by atoms with Crippen molar-refractivity contribution in [1.29, 1.82) is 0 Å². The molecular weight excluding hydrogens is 290 g/mol. The molecule has 1 unspecified atom stereocenters. The molecule has 1 aromatic heterocycles. The van der Waals surface area contributed by atoms with E-state index in [4.69, 9.17) is 4.74 Å². The van der Waals surface area contributed by atoms with Crippen molar-refractivity contribution >= 4 is 15.7 Å². The van der Waals surface area contributed by atoms with Crippen LogP contribution in [0.3, 0.4) is 0 Å². The summed E-state index contributed by atoms with van der Waals surface area (Å²) in [5, 5.41) is 3.26. The van der Waals surface area contributed by atoms with E-state index in [0.29, 0.717) is 25.4 Å². The number of ether oxygens (including phenoxy) is 1. The zero-order valence-electron chi connectivity index (χ0n) is 12.6. The minimum absolute atomic E-state index is 0.122. The van der Waals surface area contributed by atoms with Crippen LogP contribution in [0, 0.1) is 5.92 Å². The first-order valence-corrected chi connectivity index (χ1v) is 8.71. The molecule has 0 spiro atoms. The lowest BCUT2D eigenvalue weighted by Crippen LogP contribution is -2.30. The van der Waals surface area contributed by atoms with Gasteiger partial charge in [-0.05, 0) is 30.9 Å². The zero-order chi connectivity index (χ0) is 15.3. The van der Waals surface area contributed by atoms with Crippen LogP contribution < -0.4 is 5.32 Å². The molecule has 7 heteroatoms. The van der Waals surface area contributed by atoms with Crippen LogP contribution in [0.15, 0.2) is 23.4 Å². The van der Waals surface area contributed by atoms with E-state index < -0.39 is 10.0 Å². The molecule has 1 aliphatic rings. The summed E-state index contributed by atoms with van der Waals surface area (Å²) in [7, 11) is -1.91. The Morgan fingerprint density at radius 3 is 3.05 bits per heavy atom. The second kappa shape index (κ2) is 7.20. The molecular formula is C14H23N3O3S. The molecule has 21 heavy (non-hydrogen) atoms. The summed E-state index contributed by atoms with van der Waals surface area (Å²) in [6.07, 6.45) is 3.28. The lowest BCUT2D eigenvalue weighted by molar-refractivity contribution is 0.157. The van der Waals surface area contributed by atoms with Crippen LogP contribution in [0.25, 0.3) is 0 Å². The predicted octanol–water partition coefficient (Wildman–Crippen LogP) is 1.56. The maximum Gasteiger partial charge on any atom is 0.262 e. The SMILES string of the molecule is CCCNc1cccnc1S(=O)(=O)N1CCC(COC)C1. The molecule has 1 aromatic rings. The number of anilines is 1. The average molecular weight is 313 g/mol. The Bertz CT molecular complexity index is 562. The highest BCUT2D eigenvalue weighted by atomic mass is 32.2. The number of nitrogens with zero attached hydrogens (tertiary/aromatic N) is 2. The smallest absolute Gasteiger partial charge is 0.262 e. The summed E-state index contributed by atoms with van der Waals surface area (Å²) in [5.41, 5.74) is 0.578. The molecule has 0 amide bonds. The normalized spacial score (nSPS) is 19.8. The van der Waals surface area contributed by atoms with Crippen LogP contribution >= 0.6 is 0 Å². The van der Waals surface area contributed by atoms with Crippen LogP contribution in [0.4, 0.5) is 5.69 Å². The maximum absolute atomic E-state index is 12.8. The van der Waals surface area contributed by atoms with Gasteiger partial charge in [0, 0.05) is 32.9 Å². The highest BCUT2D eigenvalue weighted by Crippen LogP contribution is 2.27. The van der Waals surface area contributed by atoms with E-state index in [1.54, 1.807) is 19.2 Å². The molecule has 0 bridgehead atoms. The van der Waals surface area contributed by atoms with E-state index in [1.807, 2.05) is 6.92 Å². The first-order valence-electron chi connectivity index (χ1n) is 7.27. The second-order valence-electron chi connectivity index (χ2n) is 5.26. The van der Waals surface area contributed by atoms with E-state index in [1.165, 1.54) is 10.5 Å². The van der Waals surface area contributed by atoms with Gasteiger partial charge in [0.15, 0.2) is 5.03 Å². The molecule has 1 fully saturated rings. The van der Waals surface area contributed by atoms with Crippen molar-refractivity contribution in [2.45, 2.75) is 24.8 Å². The number of sulfonamides is 1. The van der Waals surface area contributed by atoms with Gasteiger partial charge < -0.3 is 10.1 Å². The quantitative estimate of drug-likeness (QED) is 0.827. The van der Waals surface area contributed by atoms with Crippen LogP contribution in [-0.2, 0) is 14.8 Å². The third kappa shape index (κ3) is 3.72. The fourth-order valence-electron chi connectivity index (χ4n) is 2.50. The summed E-state index contributed by atoms with van der Waals surface area (Å²) >= 11 is 0. The van der Waals surface area contributed by atoms with Crippen molar-refractivity contribution in [3.8, 4) is 0 Å². The van der Waals surface area contributed by atoms with E-state index >= 15 is 0 Å². The van der Waals surface area contributed by atoms with Gasteiger partial charge in [0.1, 0.15) is 0 Å². The molecule has 0 radical (unpaired) electrons. The Labute approximate surface area is 126 Å². The number of aromatic nitrogens is 1. The van der Waals surface area contributed by atoms with E-state index in [-0.39, 0.29) is 10.9 Å². The Morgan fingerprint density at radius 1 is 1.52 bits per heavy atom. The van der Waals surface area contributed by atoms with Crippen molar-refractivity contribution in [2.24, 2.45) is 5.92 Å². The number of hydrogen-bond donors (Lipinski definition) is 1. The highest BCUT2D eigenvalue weighted by molar-refractivity contribution is 7.89. The van der Waals surface area contributed by atoms with Gasteiger partial charge in [-0.3, -0.25) is 0 Å². The van der Waals surface area contributed by atoms with E-state index in [2.05, 4.69) is 10.3 Å². The highest BCUT2D eigenvalue weighted by Gasteiger charge is 2.34. The van der Waals surface area contributed by atoms with Gasteiger partial charge in [-0.1, -0.05) is 6.92 Å². The first kappa shape index (κ1) is 16.2. The maximum atomic E-state index is 12.8. The third-order valence-corrected chi connectivity index (χ3v) is 5.40.